The Labute approximate surface area is 105 Å². The summed E-state index contributed by atoms with van der Waals surface area (Å²) in [6.07, 6.45) is 3.23. The van der Waals surface area contributed by atoms with Gasteiger partial charge in [0, 0.05) is 5.56 Å². The second kappa shape index (κ2) is 5.19. The van der Waals surface area contributed by atoms with Gasteiger partial charge in [0.1, 0.15) is 5.75 Å². The molecule has 90 valence electrons. The van der Waals surface area contributed by atoms with Gasteiger partial charge in [0.15, 0.2) is 5.78 Å². The first-order valence-corrected chi connectivity index (χ1v) is 5.53. The van der Waals surface area contributed by atoms with E-state index in [-0.39, 0.29) is 17.2 Å². The number of benzene rings is 2. The minimum atomic E-state index is -0.148. The first-order chi connectivity index (χ1) is 8.66. The maximum absolute atomic E-state index is 11.9. The van der Waals surface area contributed by atoms with Crippen LogP contribution in [-0.4, -0.2) is 10.9 Å². The van der Waals surface area contributed by atoms with Crippen LogP contribution >= 0.6 is 0 Å². The Kier molecular flexibility index (Phi) is 3.44. The Balaban J connectivity index is 2.17. The first kappa shape index (κ1) is 11.9. The number of nitrogens with two attached hydrogens (primary N) is 1. The van der Waals surface area contributed by atoms with Gasteiger partial charge in [0.25, 0.3) is 0 Å². The fourth-order valence-corrected chi connectivity index (χ4v) is 1.54. The van der Waals surface area contributed by atoms with Crippen LogP contribution in [0.5, 0.6) is 5.75 Å². The van der Waals surface area contributed by atoms with Gasteiger partial charge >= 0.3 is 0 Å². The monoisotopic (exact) mass is 239 g/mol. The SMILES string of the molecule is Nc1cc(C(=O)/C=C/c2ccccc2)ccc1O. The molecule has 0 amide bonds. The van der Waals surface area contributed by atoms with Crippen LogP contribution in [0.25, 0.3) is 6.08 Å². The molecule has 0 aliphatic heterocycles. The molecule has 0 aromatic heterocycles. The minimum Gasteiger partial charge on any atom is -0.506 e. The lowest BCUT2D eigenvalue weighted by Gasteiger charge is -2.00. The van der Waals surface area contributed by atoms with Gasteiger partial charge in [-0.3, -0.25) is 4.79 Å². The summed E-state index contributed by atoms with van der Waals surface area (Å²) in [5.41, 5.74) is 7.15. The lowest BCUT2D eigenvalue weighted by Crippen LogP contribution is -1.96. The molecule has 0 saturated heterocycles. The molecule has 0 aliphatic carbocycles. The fourth-order valence-electron chi connectivity index (χ4n) is 1.54. The topological polar surface area (TPSA) is 63.3 Å². The number of nitrogen functional groups attached to an aromatic ring is 1. The smallest absolute Gasteiger partial charge is 0.185 e. The van der Waals surface area contributed by atoms with Crippen LogP contribution < -0.4 is 5.73 Å². The second-order valence-electron chi connectivity index (χ2n) is 3.88. The van der Waals surface area contributed by atoms with E-state index in [0.29, 0.717) is 5.56 Å². The summed E-state index contributed by atoms with van der Waals surface area (Å²) in [6.45, 7) is 0. The van der Waals surface area contributed by atoms with Crippen LogP contribution in [0.15, 0.2) is 54.6 Å². The van der Waals surface area contributed by atoms with Crippen LogP contribution in [0.2, 0.25) is 0 Å². The standard InChI is InChI=1S/C15H13NO2/c16-13-10-12(7-9-15(13)18)14(17)8-6-11-4-2-1-3-5-11/h1-10,18H,16H2/b8-6+. The number of phenols is 1. The van der Waals surface area contributed by atoms with Crippen molar-refractivity contribution in [2.45, 2.75) is 0 Å². The number of anilines is 1. The van der Waals surface area contributed by atoms with Crippen LogP contribution in [0.3, 0.4) is 0 Å². The molecule has 2 aromatic carbocycles. The van der Waals surface area contributed by atoms with Crippen molar-refractivity contribution in [2.24, 2.45) is 0 Å². The molecule has 0 radical (unpaired) electrons. The predicted octanol–water partition coefficient (Wildman–Crippen LogP) is 2.87. The highest BCUT2D eigenvalue weighted by atomic mass is 16.3. The Bertz CT molecular complexity index is 589. The zero-order valence-corrected chi connectivity index (χ0v) is 9.71. The van der Waals surface area contributed by atoms with Crippen molar-refractivity contribution in [3.63, 3.8) is 0 Å². The molecule has 0 aliphatic rings. The summed E-state index contributed by atoms with van der Waals surface area (Å²) >= 11 is 0. The summed E-state index contributed by atoms with van der Waals surface area (Å²) in [5, 5.41) is 9.28. The first-order valence-electron chi connectivity index (χ1n) is 5.53. The van der Waals surface area contributed by atoms with Crippen molar-refractivity contribution in [3.05, 3.63) is 65.7 Å². The summed E-state index contributed by atoms with van der Waals surface area (Å²) in [6, 6.07) is 14.0. The number of aromatic hydroxyl groups is 1. The van der Waals surface area contributed by atoms with Crippen molar-refractivity contribution in [1.29, 1.82) is 0 Å². The number of allylic oxidation sites excluding steroid dienone is 1. The summed E-state index contributed by atoms with van der Waals surface area (Å²) in [5.74, 6) is -0.163. The summed E-state index contributed by atoms with van der Waals surface area (Å²) in [4.78, 5) is 11.9. The number of carbonyl (C=O) groups excluding carboxylic acids is 1. The molecule has 0 unspecified atom stereocenters. The molecule has 2 aromatic rings. The average Bonchev–Trinajstić information content (AvgIpc) is 2.40. The Morgan fingerprint density at radius 3 is 2.50 bits per heavy atom. The molecule has 0 fully saturated rings. The minimum absolute atomic E-state index is 0.0152. The molecule has 3 nitrogen and oxygen atoms in total. The average molecular weight is 239 g/mol. The second-order valence-corrected chi connectivity index (χ2v) is 3.88. The zero-order chi connectivity index (χ0) is 13.0. The molecule has 0 atom stereocenters. The Hall–Kier alpha value is -2.55. The van der Waals surface area contributed by atoms with Crippen molar-refractivity contribution in [2.75, 3.05) is 5.73 Å². The summed E-state index contributed by atoms with van der Waals surface area (Å²) < 4.78 is 0. The molecule has 0 saturated carbocycles. The third kappa shape index (κ3) is 2.77. The fraction of sp³-hybridized carbons (Fsp3) is 0. The molecule has 0 bridgehead atoms. The van der Waals surface area contributed by atoms with Gasteiger partial charge in [-0.15, -0.1) is 0 Å². The van der Waals surface area contributed by atoms with E-state index < -0.39 is 0 Å². The van der Waals surface area contributed by atoms with Gasteiger partial charge in [0.05, 0.1) is 5.69 Å². The van der Waals surface area contributed by atoms with E-state index in [4.69, 9.17) is 5.73 Å². The highest BCUT2D eigenvalue weighted by Gasteiger charge is 2.04. The van der Waals surface area contributed by atoms with Crippen molar-refractivity contribution >= 4 is 17.5 Å². The van der Waals surface area contributed by atoms with Gasteiger partial charge in [-0.1, -0.05) is 36.4 Å². The molecule has 0 spiro atoms. The third-order valence-electron chi connectivity index (χ3n) is 2.54. The molecule has 2 rings (SSSR count). The lowest BCUT2D eigenvalue weighted by atomic mass is 10.1. The van der Waals surface area contributed by atoms with E-state index in [1.165, 1.54) is 18.2 Å². The van der Waals surface area contributed by atoms with Gasteiger partial charge in [-0.2, -0.15) is 0 Å². The maximum atomic E-state index is 11.9. The highest BCUT2D eigenvalue weighted by molar-refractivity contribution is 6.07. The predicted molar refractivity (Wildman–Crippen MR) is 72.3 cm³/mol. The maximum Gasteiger partial charge on any atom is 0.185 e. The molecule has 3 heteroatoms. The number of phenolic OH excluding ortho intramolecular Hbond substituents is 1. The molecular weight excluding hydrogens is 226 g/mol. The van der Waals surface area contributed by atoms with Gasteiger partial charge in [-0.05, 0) is 29.8 Å². The van der Waals surface area contributed by atoms with Crippen molar-refractivity contribution < 1.29 is 9.90 Å². The number of hydrogen-bond donors (Lipinski definition) is 2. The number of carbonyl (C=O) groups is 1. The highest BCUT2D eigenvalue weighted by Crippen LogP contribution is 2.20. The van der Waals surface area contributed by atoms with E-state index in [2.05, 4.69) is 0 Å². The zero-order valence-electron chi connectivity index (χ0n) is 9.71. The van der Waals surface area contributed by atoms with E-state index in [0.717, 1.165) is 5.56 Å². The normalized spacial score (nSPS) is 10.7. The van der Waals surface area contributed by atoms with Crippen LogP contribution in [0.1, 0.15) is 15.9 Å². The van der Waals surface area contributed by atoms with Gasteiger partial charge in [0.2, 0.25) is 0 Å². The molecule has 0 heterocycles. The molecular formula is C15H13NO2. The number of rotatable bonds is 3. The van der Waals surface area contributed by atoms with E-state index in [1.54, 1.807) is 12.1 Å². The van der Waals surface area contributed by atoms with E-state index in [1.807, 2.05) is 30.3 Å². The number of hydrogen-bond acceptors (Lipinski definition) is 3. The summed E-state index contributed by atoms with van der Waals surface area (Å²) in [7, 11) is 0. The van der Waals surface area contributed by atoms with Crippen LogP contribution in [0.4, 0.5) is 5.69 Å². The van der Waals surface area contributed by atoms with Crippen LogP contribution in [0, 0.1) is 0 Å². The van der Waals surface area contributed by atoms with Crippen molar-refractivity contribution in [1.82, 2.24) is 0 Å². The van der Waals surface area contributed by atoms with E-state index in [9.17, 15) is 9.90 Å². The lowest BCUT2D eigenvalue weighted by molar-refractivity contribution is 0.104. The number of ketones is 1. The third-order valence-corrected chi connectivity index (χ3v) is 2.54. The quantitative estimate of drug-likeness (QED) is 0.374. The van der Waals surface area contributed by atoms with Gasteiger partial charge in [-0.25, -0.2) is 0 Å². The molecule has 3 N–H and O–H groups in total. The largest absolute Gasteiger partial charge is 0.506 e. The molecule has 18 heavy (non-hydrogen) atoms. The Morgan fingerprint density at radius 1 is 1.11 bits per heavy atom. The van der Waals surface area contributed by atoms with E-state index >= 15 is 0 Å². The van der Waals surface area contributed by atoms with Gasteiger partial charge < -0.3 is 10.8 Å². The Morgan fingerprint density at radius 2 is 1.83 bits per heavy atom. The van der Waals surface area contributed by atoms with Crippen LogP contribution in [-0.2, 0) is 0 Å². The van der Waals surface area contributed by atoms with Crippen molar-refractivity contribution in [3.8, 4) is 5.75 Å².